The van der Waals surface area contributed by atoms with Crippen LogP contribution >= 0.6 is 23.2 Å². The number of hydrogen-bond donors (Lipinski definition) is 1. The number of aliphatic hydroxyl groups is 1. The number of nitrogens with zero attached hydrogens (tertiary/aromatic N) is 3. The first-order chi connectivity index (χ1) is 19.0. The lowest BCUT2D eigenvalue weighted by atomic mass is 9.90. The fourth-order valence-electron chi connectivity index (χ4n) is 6.69. The zero-order valence-corrected chi connectivity index (χ0v) is 23.1. The van der Waals surface area contributed by atoms with Crippen molar-refractivity contribution in [1.82, 2.24) is 14.8 Å². The Labute approximate surface area is 238 Å². The molecule has 0 unspecified atom stereocenters. The van der Waals surface area contributed by atoms with Gasteiger partial charge in [-0.1, -0.05) is 54.6 Å². The number of aromatic nitrogens is 1. The summed E-state index contributed by atoms with van der Waals surface area (Å²) in [6.45, 7) is 4.44. The van der Waals surface area contributed by atoms with Gasteiger partial charge >= 0.3 is 0 Å². The summed E-state index contributed by atoms with van der Waals surface area (Å²) < 4.78 is 5.26. The second kappa shape index (κ2) is 10.1. The van der Waals surface area contributed by atoms with Gasteiger partial charge in [0.25, 0.3) is 0 Å². The molecule has 0 radical (unpaired) electrons. The van der Waals surface area contributed by atoms with Gasteiger partial charge in [0, 0.05) is 56.1 Å². The van der Waals surface area contributed by atoms with Crippen molar-refractivity contribution in [2.24, 2.45) is 0 Å². The number of piperazine rings is 1. The molecule has 39 heavy (non-hydrogen) atoms. The summed E-state index contributed by atoms with van der Waals surface area (Å²) in [7, 11) is 0. The Balaban J connectivity index is 1.04. The monoisotopic (exact) mass is 559 g/mol. The number of hydrogen-bond acceptors (Lipinski definition) is 5. The van der Waals surface area contributed by atoms with Gasteiger partial charge in [-0.15, -0.1) is 23.2 Å². The first kappa shape index (κ1) is 25.3. The first-order valence-corrected chi connectivity index (χ1v) is 14.4. The highest BCUT2D eigenvalue weighted by molar-refractivity contribution is 6.52. The van der Waals surface area contributed by atoms with Crippen LogP contribution in [0.4, 0.5) is 0 Å². The van der Waals surface area contributed by atoms with Crippen LogP contribution in [-0.2, 0) is 0 Å². The number of ether oxygens (including phenoxy) is 1. The molecular formula is C32H31Cl2N3O2. The first-order valence-electron chi connectivity index (χ1n) is 13.7. The summed E-state index contributed by atoms with van der Waals surface area (Å²) in [5.74, 6) is 1.00. The number of pyridine rings is 1. The third kappa shape index (κ3) is 4.51. The summed E-state index contributed by atoms with van der Waals surface area (Å²) in [5, 5.41) is 11.8. The van der Waals surface area contributed by atoms with E-state index in [2.05, 4.69) is 63.3 Å². The number of aliphatic hydroxyl groups excluding tert-OH is 1. The third-order valence-electron chi connectivity index (χ3n) is 8.58. The molecule has 1 saturated carbocycles. The van der Waals surface area contributed by atoms with E-state index in [-0.39, 0.29) is 24.5 Å². The average molecular weight is 561 g/mol. The minimum Gasteiger partial charge on any atom is -0.490 e. The summed E-state index contributed by atoms with van der Waals surface area (Å²) >= 11 is 13.7. The Morgan fingerprint density at radius 3 is 2.13 bits per heavy atom. The molecular weight excluding hydrogens is 529 g/mol. The predicted molar refractivity (Wildman–Crippen MR) is 156 cm³/mol. The van der Waals surface area contributed by atoms with Gasteiger partial charge in [-0.25, -0.2) is 0 Å². The number of β-amino-alcohol motifs (C(OH)–C–C–N with tert-alkyl or cyclic N) is 1. The maximum absolute atomic E-state index is 10.8. The normalized spacial score (nSPS) is 24.7. The number of alkyl halides is 2. The fourth-order valence-corrected chi connectivity index (χ4v) is 7.54. The lowest BCUT2D eigenvalue weighted by molar-refractivity contribution is 0.0403. The molecule has 1 aliphatic heterocycles. The molecule has 1 N–H and O–H groups in total. The second-order valence-electron chi connectivity index (χ2n) is 10.9. The molecule has 5 nitrogen and oxygen atoms in total. The standard InChI is InChI=1S/C32H31Cl2N3O2/c33-32(34)29-22-7-1-3-9-24(22)31(25-10-4-2-8-23(25)30(29)32)37-17-15-36(16-18-37)19-21(38)20-39-28-13-5-12-27-26(28)11-6-14-35-27/h1-14,21,29-31,38H,15-20H2/t21-,29-,30+,31-/m1/s1. The van der Waals surface area contributed by atoms with Crippen molar-refractivity contribution in [1.29, 1.82) is 0 Å². The van der Waals surface area contributed by atoms with Gasteiger partial charge in [0.05, 0.1) is 11.6 Å². The van der Waals surface area contributed by atoms with Gasteiger partial charge in [0.1, 0.15) is 22.8 Å². The Morgan fingerprint density at radius 1 is 0.821 bits per heavy atom. The quantitative estimate of drug-likeness (QED) is 0.305. The summed E-state index contributed by atoms with van der Waals surface area (Å²) in [5.41, 5.74) is 6.06. The van der Waals surface area contributed by atoms with Crippen LogP contribution in [0.3, 0.4) is 0 Å². The maximum Gasteiger partial charge on any atom is 0.133 e. The maximum atomic E-state index is 10.8. The van der Waals surface area contributed by atoms with Crippen LogP contribution < -0.4 is 4.74 Å². The van der Waals surface area contributed by atoms with E-state index in [0.29, 0.717) is 6.54 Å². The van der Waals surface area contributed by atoms with Gasteiger partial charge in [0.15, 0.2) is 0 Å². The average Bonchev–Trinajstić information content (AvgIpc) is 3.58. The largest absolute Gasteiger partial charge is 0.490 e. The highest BCUT2D eigenvalue weighted by Gasteiger charge is 2.66. The van der Waals surface area contributed by atoms with E-state index >= 15 is 0 Å². The number of benzene rings is 3. The minimum atomic E-state index is -0.753. The van der Waals surface area contributed by atoms with Gasteiger partial charge in [-0.3, -0.25) is 14.8 Å². The topological polar surface area (TPSA) is 48.8 Å². The van der Waals surface area contributed by atoms with E-state index in [9.17, 15) is 5.11 Å². The summed E-state index contributed by atoms with van der Waals surface area (Å²) in [6, 6.07) is 27.3. The molecule has 0 bridgehead atoms. The molecule has 2 fully saturated rings. The van der Waals surface area contributed by atoms with E-state index in [1.165, 1.54) is 22.3 Å². The van der Waals surface area contributed by atoms with Crippen molar-refractivity contribution in [3.05, 3.63) is 107 Å². The van der Waals surface area contributed by atoms with Crippen LogP contribution in [0.1, 0.15) is 40.1 Å². The van der Waals surface area contributed by atoms with Gasteiger partial charge in [0.2, 0.25) is 0 Å². The molecule has 3 aliphatic rings. The van der Waals surface area contributed by atoms with E-state index in [4.69, 9.17) is 27.9 Å². The Bertz CT molecular complexity index is 1440. The fraction of sp³-hybridized carbons (Fsp3) is 0.344. The van der Waals surface area contributed by atoms with Crippen LogP contribution in [0.2, 0.25) is 0 Å². The third-order valence-corrected chi connectivity index (χ3v) is 9.52. The van der Waals surface area contributed by atoms with Crippen LogP contribution in [0.25, 0.3) is 10.9 Å². The molecule has 0 amide bonds. The number of fused-ring (bicyclic) bond motifs is 6. The molecule has 1 saturated heterocycles. The lowest BCUT2D eigenvalue weighted by Crippen LogP contribution is -2.50. The smallest absolute Gasteiger partial charge is 0.133 e. The van der Waals surface area contributed by atoms with E-state index in [1.807, 2.05) is 30.3 Å². The molecule has 7 rings (SSSR count). The zero-order valence-electron chi connectivity index (χ0n) is 21.6. The van der Waals surface area contributed by atoms with Crippen molar-refractivity contribution in [3.63, 3.8) is 0 Å². The van der Waals surface area contributed by atoms with E-state index in [0.717, 1.165) is 42.8 Å². The molecule has 2 heterocycles. The molecule has 7 heteroatoms. The van der Waals surface area contributed by atoms with Crippen LogP contribution in [0.5, 0.6) is 5.75 Å². The predicted octanol–water partition coefficient (Wildman–Crippen LogP) is 5.75. The lowest BCUT2D eigenvalue weighted by Gasteiger charge is -2.41. The highest BCUT2D eigenvalue weighted by atomic mass is 35.5. The second-order valence-corrected chi connectivity index (χ2v) is 12.4. The van der Waals surface area contributed by atoms with Crippen molar-refractivity contribution in [2.45, 2.75) is 28.3 Å². The van der Waals surface area contributed by atoms with Crippen molar-refractivity contribution in [2.75, 3.05) is 39.3 Å². The molecule has 200 valence electrons. The van der Waals surface area contributed by atoms with Gasteiger partial charge in [-0.05, 0) is 46.5 Å². The number of halogens is 2. The summed E-state index contributed by atoms with van der Waals surface area (Å²) in [6.07, 6.45) is 1.20. The van der Waals surface area contributed by atoms with Crippen LogP contribution in [0, 0.1) is 0 Å². The SMILES string of the molecule is O[C@@H](COc1cccc2ncccc12)CN1CCN([C@@H]2c3ccccc3[C@@H]3[C@H](c4ccccc42)C3(Cl)Cl)CC1. The Hall–Kier alpha value is -2.67. The zero-order chi connectivity index (χ0) is 26.6. The van der Waals surface area contributed by atoms with Crippen molar-refractivity contribution >= 4 is 34.1 Å². The highest BCUT2D eigenvalue weighted by Crippen LogP contribution is 2.72. The van der Waals surface area contributed by atoms with Crippen molar-refractivity contribution < 1.29 is 9.84 Å². The van der Waals surface area contributed by atoms with Crippen LogP contribution in [0.15, 0.2) is 85.1 Å². The van der Waals surface area contributed by atoms with E-state index in [1.54, 1.807) is 6.20 Å². The van der Waals surface area contributed by atoms with E-state index < -0.39 is 10.4 Å². The molecule has 0 spiro atoms. The Morgan fingerprint density at radius 2 is 1.46 bits per heavy atom. The molecule has 4 atom stereocenters. The molecule has 1 aromatic heterocycles. The van der Waals surface area contributed by atoms with Gasteiger partial charge in [-0.2, -0.15) is 0 Å². The van der Waals surface area contributed by atoms with Gasteiger partial charge < -0.3 is 9.84 Å². The Kier molecular flexibility index (Phi) is 6.53. The minimum absolute atomic E-state index is 0.122. The summed E-state index contributed by atoms with van der Waals surface area (Å²) in [4.78, 5) is 9.30. The molecule has 2 aliphatic carbocycles. The molecule has 3 aromatic carbocycles. The number of rotatable bonds is 6. The molecule has 4 aromatic rings. The van der Waals surface area contributed by atoms with Crippen LogP contribution in [-0.4, -0.2) is 69.7 Å². The van der Waals surface area contributed by atoms with Crippen molar-refractivity contribution in [3.8, 4) is 5.75 Å².